The Morgan fingerprint density at radius 1 is 0.387 bits per heavy atom. The summed E-state index contributed by atoms with van der Waals surface area (Å²) >= 11 is 0. The monoisotopic (exact) mass is 798 g/mol. The fourth-order valence-corrected chi connectivity index (χ4v) is 10.1. The Morgan fingerprint density at radius 3 is 1.42 bits per heavy atom. The van der Waals surface area contributed by atoms with Crippen LogP contribution in [0.1, 0.15) is 49.9 Å². The van der Waals surface area contributed by atoms with E-state index in [1.807, 2.05) is 60.7 Å². The third-order valence-electron chi connectivity index (χ3n) is 13.3. The number of nitrogens with zero attached hydrogens (tertiary/aromatic N) is 4. The van der Waals surface area contributed by atoms with E-state index in [-0.39, 0.29) is 10.8 Å². The summed E-state index contributed by atoms with van der Waals surface area (Å²) < 4.78 is 7.06. The third kappa shape index (κ3) is 5.44. The molecule has 2 aliphatic rings. The van der Waals surface area contributed by atoms with E-state index < -0.39 is 0 Å². The fraction of sp³-hybridized carbons (Fsp3) is 0.105. The van der Waals surface area contributed by atoms with Crippen LogP contribution in [0.25, 0.3) is 78.4 Å². The molecule has 8 aromatic carbocycles. The summed E-state index contributed by atoms with van der Waals surface area (Å²) in [7, 11) is 0. The lowest BCUT2D eigenvalue weighted by Crippen LogP contribution is -2.18. The maximum atomic E-state index is 7.06. The van der Waals surface area contributed by atoms with E-state index in [1.165, 1.54) is 44.5 Å². The molecule has 0 aliphatic heterocycles. The van der Waals surface area contributed by atoms with Crippen molar-refractivity contribution in [2.45, 2.75) is 38.5 Å². The lowest BCUT2D eigenvalue weighted by molar-refractivity contribution is 0.659. The number of furan rings is 1. The maximum Gasteiger partial charge on any atom is 0.164 e. The molecule has 296 valence electrons. The maximum absolute atomic E-state index is 7.06. The molecule has 5 nitrogen and oxygen atoms in total. The zero-order valence-corrected chi connectivity index (χ0v) is 35.0. The average molecular weight is 799 g/mol. The molecule has 62 heavy (non-hydrogen) atoms. The van der Waals surface area contributed by atoms with Gasteiger partial charge in [0.1, 0.15) is 5.58 Å². The van der Waals surface area contributed by atoms with Crippen LogP contribution in [0.4, 0.5) is 17.1 Å². The minimum absolute atomic E-state index is 0.160. The first-order valence-electron chi connectivity index (χ1n) is 21.4. The Balaban J connectivity index is 1.04. The van der Waals surface area contributed by atoms with Crippen molar-refractivity contribution in [2.24, 2.45) is 0 Å². The molecule has 0 fully saturated rings. The summed E-state index contributed by atoms with van der Waals surface area (Å²) in [5, 5.41) is 2.07. The molecule has 0 spiro atoms. The van der Waals surface area contributed by atoms with Gasteiger partial charge in [-0.25, -0.2) is 15.0 Å². The van der Waals surface area contributed by atoms with Gasteiger partial charge in [-0.05, 0) is 87.0 Å². The second-order valence-corrected chi connectivity index (χ2v) is 17.6. The molecule has 0 saturated carbocycles. The zero-order valence-electron chi connectivity index (χ0n) is 35.0. The summed E-state index contributed by atoms with van der Waals surface area (Å²) in [5.41, 5.74) is 17.7. The van der Waals surface area contributed by atoms with Crippen LogP contribution in [0.3, 0.4) is 0 Å². The van der Waals surface area contributed by atoms with Gasteiger partial charge < -0.3 is 9.32 Å². The number of fused-ring (bicyclic) bond motifs is 9. The van der Waals surface area contributed by atoms with Gasteiger partial charge in [0, 0.05) is 49.7 Å². The highest BCUT2D eigenvalue weighted by Crippen LogP contribution is 2.54. The molecule has 0 bridgehead atoms. The second-order valence-electron chi connectivity index (χ2n) is 17.6. The van der Waals surface area contributed by atoms with Gasteiger partial charge in [-0.2, -0.15) is 0 Å². The zero-order chi connectivity index (χ0) is 41.7. The standard InChI is InChI=1S/C57H42N4O/c1-56(2)46-23-13-11-20-40(46)42-30-27-38(33-48(42)56)61(39-28-31-43-41-21-12-14-24-47(41)57(3,4)49(43)34-39)50-25-15-22-45-44-29-26-37(32-51(44)62-52(45)50)55-59-53(35-16-7-5-8-17-35)58-54(60-55)36-18-9-6-10-19-36/h5-34H,1-4H3. The highest BCUT2D eigenvalue weighted by atomic mass is 16.3. The van der Waals surface area contributed by atoms with Crippen molar-refractivity contribution in [3.8, 4) is 56.4 Å². The van der Waals surface area contributed by atoms with E-state index >= 15 is 0 Å². The van der Waals surface area contributed by atoms with Crippen LogP contribution in [-0.4, -0.2) is 15.0 Å². The van der Waals surface area contributed by atoms with Crippen LogP contribution >= 0.6 is 0 Å². The van der Waals surface area contributed by atoms with Gasteiger partial charge in [-0.3, -0.25) is 0 Å². The highest BCUT2D eigenvalue weighted by Gasteiger charge is 2.38. The Bertz CT molecular complexity index is 3250. The van der Waals surface area contributed by atoms with Crippen molar-refractivity contribution in [3.63, 3.8) is 0 Å². The number of rotatable bonds is 6. The summed E-state index contributed by atoms with van der Waals surface area (Å²) in [4.78, 5) is 17.4. The number of para-hydroxylation sites is 1. The number of hydrogen-bond donors (Lipinski definition) is 0. The van der Waals surface area contributed by atoms with Crippen LogP contribution in [0.5, 0.6) is 0 Å². The summed E-state index contributed by atoms with van der Waals surface area (Å²) in [5.74, 6) is 1.84. The Hall–Kier alpha value is -7.63. The molecule has 0 N–H and O–H groups in total. The first-order chi connectivity index (χ1) is 30.2. The predicted octanol–water partition coefficient (Wildman–Crippen LogP) is 14.9. The van der Waals surface area contributed by atoms with E-state index in [2.05, 4.69) is 154 Å². The van der Waals surface area contributed by atoms with E-state index in [9.17, 15) is 0 Å². The van der Waals surface area contributed by atoms with Crippen molar-refractivity contribution in [1.29, 1.82) is 0 Å². The van der Waals surface area contributed by atoms with E-state index in [0.717, 1.165) is 55.7 Å². The molecule has 2 aromatic heterocycles. The van der Waals surface area contributed by atoms with E-state index in [4.69, 9.17) is 19.4 Å². The molecular weight excluding hydrogens is 757 g/mol. The van der Waals surface area contributed by atoms with Gasteiger partial charge >= 0.3 is 0 Å². The van der Waals surface area contributed by atoms with Crippen LogP contribution < -0.4 is 4.90 Å². The van der Waals surface area contributed by atoms with Crippen molar-refractivity contribution in [3.05, 3.63) is 204 Å². The number of benzene rings is 8. The first kappa shape index (κ1) is 36.2. The van der Waals surface area contributed by atoms with Gasteiger partial charge in [0.25, 0.3) is 0 Å². The summed E-state index contributed by atoms with van der Waals surface area (Å²) in [6.07, 6.45) is 0. The van der Waals surface area contributed by atoms with Gasteiger partial charge in [-0.1, -0.05) is 167 Å². The Kier molecular flexibility index (Phi) is 7.85. The normalized spacial score (nSPS) is 14.1. The topological polar surface area (TPSA) is 55.1 Å². The smallest absolute Gasteiger partial charge is 0.164 e. The van der Waals surface area contributed by atoms with Crippen molar-refractivity contribution in [1.82, 2.24) is 15.0 Å². The molecule has 2 aliphatic carbocycles. The molecule has 2 heterocycles. The van der Waals surface area contributed by atoms with Gasteiger partial charge in [0.2, 0.25) is 0 Å². The van der Waals surface area contributed by atoms with E-state index in [1.54, 1.807) is 0 Å². The van der Waals surface area contributed by atoms with Crippen molar-refractivity contribution < 1.29 is 4.42 Å². The van der Waals surface area contributed by atoms with Crippen molar-refractivity contribution in [2.75, 3.05) is 4.90 Å². The van der Waals surface area contributed by atoms with Gasteiger partial charge in [0.15, 0.2) is 23.1 Å². The average Bonchev–Trinajstić information content (AvgIpc) is 3.89. The minimum atomic E-state index is -0.160. The van der Waals surface area contributed by atoms with Gasteiger partial charge in [-0.15, -0.1) is 0 Å². The first-order valence-corrected chi connectivity index (χ1v) is 21.4. The summed E-state index contributed by atoms with van der Waals surface area (Å²) in [6.45, 7) is 9.38. The number of anilines is 3. The number of aromatic nitrogens is 3. The quantitative estimate of drug-likeness (QED) is 0.168. The summed E-state index contributed by atoms with van der Waals surface area (Å²) in [6, 6.07) is 64.6. The van der Waals surface area contributed by atoms with Gasteiger partial charge in [0.05, 0.1) is 5.69 Å². The largest absolute Gasteiger partial charge is 0.454 e. The molecular formula is C57H42N4O. The predicted molar refractivity (Wildman–Crippen MR) is 253 cm³/mol. The molecule has 12 rings (SSSR count). The minimum Gasteiger partial charge on any atom is -0.454 e. The molecule has 0 radical (unpaired) electrons. The van der Waals surface area contributed by atoms with Crippen molar-refractivity contribution >= 4 is 39.0 Å². The second kappa shape index (κ2) is 13.4. The lowest BCUT2D eigenvalue weighted by atomic mass is 9.82. The third-order valence-corrected chi connectivity index (χ3v) is 13.3. The van der Waals surface area contributed by atoms with E-state index in [0.29, 0.717) is 17.5 Å². The van der Waals surface area contributed by atoms with Crippen LogP contribution in [0.15, 0.2) is 186 Å². The van der Waals surface area contributed by atoms with Crippen LogP contribution in [0, 0.1) is 0 Å². The molecule has 10 aromatic rings. The Labute approximate surface area is 361 Å². The molecule has 0 unspecified atom stereocenters. The molecule has 0 saturated heterocycles. The lowest BCUT2D eigenvalue weighted by Gasteiger charge is -2.29. The highest BCUT2D eigenvalue weighted by molar-refractivity contribution is 6.11. The number of hydrogen-bond acceptors (Lipinski definition) is 5. The SMILES string of the molecule is CC1(C)c2ccccc2-c2ccc(N(c3ccc4c(c3)C(C)(C)c3ccccc3-4)c3cccc4c3oc3cc(-c5nc(-c6ccccc6)nc(-c6ccccc6)n5)ccc34)cc21. The molecule has 0 amide bonds. The van der Waals surface area contributed by atoms with Crippen LogP contribution in [0.2, 0.25) is 0 Å². The fourth-order valence-electron chi connectivity index (χ4n) is 10.1. The molecule has 5 heteroatoms. The molecule has 0 atom stereocenters. The van der Waals surface area contributed by atoms with Crippen LogP contribution in [-0.2, 0) is 10.8 Å². The Morgan fingerprint density at radius 2 is 0.871 bits per heavy atom.